The second-order valence-corrected chi connectivity index (χ2v) is 6.46. The molecule has 0 spiro atoms. The number of hydrogen-bond donors (Lipinski definition) is 1. The fraction of sp³-hybridized carbons (Fsp3) is 0.333. The first-order chi connectivity index (χ1) is 13.0. The number of carbonyl (C=O) groups is 2. The summed E-state index contributed by atoms with van der Waals surface area (Å²) in [5, 5.41) is 2.77. The summed E-state index contributed by atoms with van der Waals surface area (Å²) in [5.41, 5.74) is 2.45. The van der Waals surface area contributed by atoms with Gasteiger partial charge in [-0.3, -0.25) is 4.79 Å². The fourth-order valence-corrected chi connectivity index (χ4v) is 2.61. The molecule has 1 heterocycles. The van der Waals surface area contributed by atoms with E-state index < -0.39 is 12.1 Å². The average Bonchev–Trinajstić information content (AvgIpc) is 2.92. The van der Waals surface area contributed by atoms with Gasteiger partial charge in [-0.25, -0.2) is 4.79 Å². The summed E-state index contributed by atoms with van der Waals surface area (Å²) >= 11 is 0. The summed E-state index contributed by atoms with van der Waals surface area (Å²) in [6.07, 6.45) is -0.119. The Labute approximate surface area is 158 Å². The van der Waals surface area contributed by atoms with Gasteiger partial charge in [0.05, 0.1) is 18.8 Å². The molecule has 0 fully saturated rings. The zero-order valence-electron chi connectivity index (χ0n) is 15.5. The van der Waals surface area contributed by atoms with Crippen LogP contribution in [0.2, 0.25) is 0 Å². The highest BCUT2D eigenvalue weighted by molar-refractivity contribution is 5.92. The molecule has 1 N–H and O–H groups in total. The first-order valence-corrected chi connectivity index (χ1v) is 8.97. The van der Waals surface area contributed by atoms with Gasteiger partial charge in [0.25, 0.3) is 5.91 Å². The van der Waals surface area contributed by atoms with Crippen LogP contribution in [-0.2, 0) is 16.1 Å². The molecule has 1 amide bonds. The Morgan fingerprint density at radius 1 is 1.07 bits per heavy atom. The van der Waals surface area contributed by atoms with E-state index in [-0.39, 0.29) is 5.91 Å². The highest BCUT2D eigenvalue weighted by atomic mass is 16.5. The number of fused-ring (bicyclic) bond motifs is 1. The van der Waals surface area contributed by atoms with Crippen LogP contribution in [0.5, 0.6) is 11.5 Å². The topological polar surface area (TPSA) is 73.9 Å². The monoisotopic (exact) mass is 369 g/mol. The molecule has 0 saturated heterocycles. The quantitative estimate of drug-likeness (QED) is 0.820. The van der Waals surface area contributed by atoms with Crippen LogP contribution >= 0.6 is 0 Å². The minimum atomic E-state index is -0.904. The zero-order valence-corrected chi connectivity index (χ0v) is 15.5. The van der Waals surface area contributed by atoms with Gasteiger partial charge in [0, 0.05) is 13.0 Å². The maximum Gasteiger partial charge on any atom is 0.339 e. The number of carbonyl (C=O) groups excluding carboxylic acids is 2. The highest BCUT2D eigenvalue weighted by Crippen LogP contribution is 2.30. The van der Waals surface area contributed by atoms with Gasteiger partial charge in [-0.15, -0.1) is 0 Å². The molecule has 3 rings (SSSR count). The number of nitrogens with one attached hydrogen (secondary N) is 1. The predicted octanol–water partition coefficient (Wildman–Crippen LogP) is 3.02. The van der Waals surface area contributed by atoms with E-state index in [4.69, 9.17) is 14.2 Å². The zero-order chi connectivity index (χ0) is 19.2. The van der Waals surface area contributed by atoms with Crippen molar-refractivity contribution in [2.45, 2.75) is 32.9 Å². The van der Waals surface area contributed by atoms with Crippen LogP contribution in [-0.4, -0.2) is 31.2 Å². The molecule has 2 aromatic carbocycles. The van der Waals surface area contributed by atoms with E-state index in [2.05, 4.69) is 5.32 Å². The third kappa shape index (κ3) is 5.00. The molecular weight excluding hydrogens is 346 g/mol. The normalized spacial score (nSPS) is 14.0. The first kappa shape index (κ1) is 18.8. The standard InChI is InChI=1S/C21H23NO5/c1-14-4-6-16(7-5-14)13-22-20(23)15(2)27-21(24)17-8-9-18-19(12-17)26-11-3-10-25-18/h4-9,12,15H,3,10-11,13H2,1-2H3,(H,22,23). The van der Waals surface area contributed by atoms with E-state index in [1.807, 2.05) is 31.2 Å². The van der Waals surface area contributed by atoms with Gasteiger partial charge in [-0.05, 0) is 37.6 Å². The van der Waals surface area contributed by atoms with Gasteiger partial charge < -0.3 is 19.5 Å². The summed E-state index contributed by atoms with van der Waals surface area (Å²) in [6, 6.07) is 12.7. The molecule has 0 bridgehead atoms. The van der Waals surface area contributed by atoms with Crippen molar-refractivity contribution in [3.05, 3.63) is 59.2 Å². The minimum absolute atomic E-state index is 0.317. The predicted molar refractivity (Wildman–Crippen MR) is 100.0 cm³/mol. The van der Waals surface area contributed by atoms with Crippen LogP contribution in [0.25, 0.3) is 0 Å². The van der Waals surface area contributed by atoms with Crippen LogP contribution in [0.15, 0.2) is 42.5 Å². The van der Waals surface area contributed by atoms with Crippen molar-refractivity contribution in [3.8, 4) is 11.5 Å². The Bertz CT molecular complexity index is 816. The molecule has 0 saturated carbocycles. The SMILES string of the molecule is Cc1ccc(CNC(=O)C(C)OC(=O)c2ccc3c(c2)OCCCO3)cc1. The Balaban J connectivity index is 1.55. The lowest BCUT2D eigenvalue weighted by atomic mass is 10.1. The number of rotatable bonds is 5. The van der Waals surface area contributed by atoms with Crippen molar-refractivity contribution < 1.29 is 23.8 Å². The lowest BCUT2D eigenvalue weighted by molar-refractivity contribution is -0.129. The van der Waals surface area contributed by atoms with E-state index in [1.165, 1.54) is 0 Å². The van der Waals surface area contributed by atoms with Gasteiger partial charge in [0.1, 0.15) is 0 Å². The summed E-state index contributed by atoms with van der Waals surface area (Å²) < 4.78 is 16.4. The lowest BCUT2D eigenvalue weighted by Crippen LogP contribution is -2.35. The number of esters is 1. The number of amides is 1. The minimum Gasteiger partial charge on any atom is -0.490 e. The Morgan fingerprint density at radius 3 is 2.52 bits per heavy atom. The van der Waals surface area contributed by atoms with Crippen LogP contribution in [0.1, 0.15) is 34.8 Å². The molecule has 6 nitrogen and oxygen atoms in total. The molecule has 27 heavy (non-hydrogen) atoms. The molecule has 1 unspecified atom stereocenters. The summed E-state index contributed by atoms with van der Waals surface area (Å²) in [6.45, 7) is 5.04. The van der Waals surface area contributed by atoms with Crippen molar-refractivity contribution in [2.24, 2.45) is 0 Å². The summed E-state index contributed by atoms with van der Waals surface area (Å²) in [7, 11) is 0. The Kier molecular flexibility index (Phi) is 5.96. The molecular formula is C21H23NO5. The maximum atomic E-state index is 12.3. The first-order valence-electron chi connectivity index (χ1n) is 8.97. The molecule has 0 radical (unpaired) electrons. The second-order valence-electron chi connectivity index (χ2n) is 6.46. The smallest absolute Gasteiger partial charge is 0.339 e. The molecule has 0 aliphatic carbocycles. The number of aryl methyl sites for hydroxylation is 1. The number of ether oxygens (including phenoxy) is 3. The van der Waals surface area contributed by atoms with Gasteiger partial charge in [-0.1, -0.05) is 29.8 Å². The number of benzene rings is 2. The third-order valence-electron chi connectivity index (χ3n) is 4.22. The molecule has 1 atom stereocenters. The van der Waals surface area contributed by atoms with Crippen molar-refractivity contribution in [1.29, 1.82) is 0 Å². The van der Waals surface area contributed by atoms with Crippen molar-refractivity contribution >= 4 is 11.9 Å². The average molecular weight is 369 g/mol. The number of hydrogen-bond acceptors (Lipinski definition) is 5. The molecule has 2 aromatic rings. The molecule has 1 aliphatic rings. The lowest BCUT2D eigenvalue weighted by Gasteiger charge is -2.14. The maximum absolute atomic E-state index is 12.3. The van der Waals surface area contributed by atoms with E-state index in [0.29, 0.717) is 36.8 Å². The van der Waals surface area contributed by atoms with Crippen molar-refractivity contribution in [2.75, 3.05) is 13.2 Å². The molecule has 6 heteroatoms. The Morgan fingerprint density at radius 2 is 1.78 bits per heavy atom. The van der Waals surface area contributed by atoms with Gasteiger partial charge in [0.2, 0.25) is 0 Å². The van der Waals surface area contributed by atoms with Gasteiger partial charge in [-0.2, -0.15) is 0 Å². The van der Waals surface area contributed by atoms with E-state index in [1.54, 1.807) is 25.1 Å². The molecule has 0 aromatic heterocycles. The van der Waals surface area contributed by atoms with Crippen LogP contribution in [0.3, 0.4) is 0 Å². The highest BCUT2D eigenvalue weighted by Gasteiger charge is 2.20. The van der Waals surface area contributed by atoms with E-state index >= 15 is 0 Å². The fourth-order valence-electron chi connectivity index (χ4n) is 2.61. The van der Waals surface area contributed by atoms with Crippen molar-refractivity contribution in [3.63, 3.8) is 0 Å². The summed E-state index contributed by atoms with van der Waals surface area (Å²) in [4.78, 5) is 24.5. The van der Waals surface area contributed by atoms with Gasteiger partial charge >= 0.3 is 5.97 Å². The largest absolute Gasteiger partial charge is 0.490 e. The van der Waals surface area contributed by atoms with Crippen molar-refractivity contribution in [1.82, 2.24) is 5.32 Å². The third-order valence-corrected chi connectivity index (χ3v) is 4.22. The van der Waals surface area contributed by atoms with E-state index in [9.17, 15) is 9.59 Å². The van der Waals surface area contributed by atoms with E-state index in [0.717, 1.165) is 17.5 Å². The molecule has 142 valence electrons. The van der Waals surface area contributed by atoms with Crippen LogP contribution in [0.4, 0.5) is 0 Å². The van der Waals surface area contributed by atoms with Crippen LogP contribution in [0, 0.1) is 6.92 Å². The van der Waals surface area contributed by atoms with Crippen LogP contribution < -0.4 is 14.8 Å². The second kappa shape index (κ2) is 8.58. The summed E-state index contributed by atoms with van der Waals surface area (Å²) in [5.74, 6) is 0.188. The Hall–Kier alpha value is -3.02. The van der Waals surface area contributed by atoms with Gasteiger partial charge in [0.15, 0.2) is 17.6 Å². The molecule has 1 aliphatic heterocycles.